The average Bonchev–Trinajstić information content (AvgIpc) is 2.13. The van der Waals surface area contributed by atoms with Gasteiger partial charge in [0.2, 0.25) is 0 Å². The number of nitrogens with two attached hydrogens (primary N) is 1. The van der Waals surface area contributed by atoms with Crippen LogP contribution in [0.1, 0.15) is 13.3 Å². The van der Waals surface area contributed by atoms with Crippen LogP contribution in [0.15, 0.2) is 0 Å². The highest BCUT2D eigenvalue weighted by Gasteiger charge is 2.34. The maximum atomic E-state index is 11.8. The fourth-order valence-corrected chi connectivity index (χ4v) is 3.31. The molecule has 0 radical (unpaired) electrons. The van der Waals surface area contributed by atoms with E-state index in [4.69, 9.17) is 5.73 Å². The minimum Gasteiger partial charge on any atom is -0.330 e. The predicted molar refractivity (Wildman–Crippen MR) is 56.0 cm³/mol. The highest BCUT2D eigenvalue weighted by Crippen LogP contribution is 2.17. The minimum absolute atomic E-state index is 0.259. The van der Waals surface area contributed by atoms with Crippen molar-refractivity contribution in [2.24, 2.45) is 11.7 Å². The number of nitrogens with zero attached hydrogens (tertiary/aromatic N) is 2. The van der Waals surface area contributed by atoms with E-state index in [1.165, 1.54) is 8.61 Å². The zero-order valence-electron chi connectivity index (χ0n) is 8.81. The third kappa shape index (κ3) is 2.25. The van der Waals surface area contributed by atoms with Gasteiger partial charge in [-0.1, -0.05) is 6.92 Å². The van der Waals surface area contributed by atoms with Crippen LogP contribution in [0.5, 0.6) is 0 Å². The van der Waals surface area contributed by atoms with Crippen molar-refractivity contribution < 1.29 is 8.42 Å². The maximum Gasteiger partial charge on any atom is 0.281 e. The van der Waals surface area contributed by atoms with Gasteiger partial charge < -0.3 is 5.73 Å². The summed E-state index contributed by atoms with van der Waals surface area (Å²) in [4.78, 5) is 0. The van der Waals surface area contributed by atoms with Crippen LogP contribution >= 0.6 is 0 Å². The van der Waals surface area contributed by atoms with Gasteiger partial charge in [0.25, 0.3) is 10.2 Å². The molecule has 2 N–H and O–H groups in total. The van der Waals surface area contributed by atoms with E-state index in [9.17, 15) is 8.42 Å². The van der Waals surface area contributed by atoms with Crippen molar-refractivity contribution in [2.75, 3.05) is 33.2 Å². The first-order valence-electron chi connectivity index (χ1n) is 4.93. The van der Waals surface area contributed by atoms with Crippen LogP contribution < -0.4 is 5.73 Å². The van der Waals surface area contributed by atoms with Gasteiger partial charge in [-0.15, -0.1) is 0 Å². The van der Waals surface area contributed by atoms with Crippen molar-refractivity contribution in [3.05, 3.63) is 0 Å². The van der Waals surface area contributed by atoms with Gasteiger partial charge in [-0.25, -0.2) is 0 Å². The summed E-state index contributed by atoms with van der Waals surface area (Å²) in [7, 11) is -1.59. The van der Waals surface area contributed by atoms with E-state index < -0.39 is 10.2 Å². The van der Waals surface area contributed by atoms with Gasteiger partial charge in [0, 0.05) is 26.7 Å². The van der Waals surface area contributed by atoms with Crippen LogP contribution in [0, 0.1) is 5.92 Å². The monoisotopic (exact) mass is 221 g/mol. The van der Waals surface area contributed by atoms with Gasteiger partial charge in [-0.3, -0.25) is 0 Å². The molecule has 6 heteroatoms. The molecule has 0 aliphatic carbocycles. The van der Waals surface area contributed by atoms with Crippen molar-refractivity contribution in [3.8, 4) is 0 Å². The van der Waals surface area contributed by atoms with Gasteiger partial charge in [0.1, 0.15) is 0 Å². The molecule has 1 heterocycles. The van der Waals surface area contributed by atoms with Crippen molar-refractivity contribution >= 4 is 10.2 Å². The summed E-state index contributed by atoms with van der Waals surface area (Å²) in [6.07, 6.45) is 0.838. The Bertz CT molecular complexity index is 278. The molecule has 5 nitrogen and oxygen atoms in total. The van der Waals surface area contributed by atoms with Gasteiger partial charge >= 0.3 is 0 Å². The highest BCUT2D eigenvalue weighted by molar-refractivity contribution is 7.86. The highest BCUT2D eigenvalue weighted by atomic mass is 32.2. The Hall–Kier alpha value is -0.170. The van der Waals surface area contributed by atoms with Crippen LogP contribution in [0.2, 0.25) is 0 Å². The fourth-order valence-electron chi connectivity index (χ4n) is 1.70. The quantitative estimate of drug-likeness (QED) is 0.696. The summed E-state index contributed by atoms with van der Waals surface area (Å²) in [5, 5.41) is 0. The Morgan fingerprint density at radius 2 is 2.07 bits per heavy atom. The lowest BCUT2D eigenvalue weighted by Gasteiger charge is -2.36. The molecule has 1 fully saturated rings. The Labute approximate surface area is 86.0 Å². The molecule has 14 heavy (non-hydrogen) atoms. The largest absolute Gasteiger partial charge is 0.330 e. The average molecular weight is 221 g/mol. The topological polar surface area (TPSA) is 66.6 Å². The standard InChI is InChI=1S/C8H19N3O2S/c1-3-4-11-7-8(5-9)6-10(2)14(11,12)13/h8H,3-7,9H2,1-2H3. The molecule has 0 amide bonds. The number of hydrogen-bond donors (Lipinski definition) is 1. The first-order chi connectivity index (χ1) is 6.52. The van der Waals surface area contributed by atoms with Crippen LogP contribution in [-0.4, -0.2) is 50.3 Å². The normalized spacial score (nSPS) is 29.2. The Morgan fingerprint density at radius 1 is 1.43 bits per heavy atom. The van der Waals surface area contributed by atoms with E-state index in [1.54, 1.807) is 7.05 Å². The lowest BCUT2D eigenvalue weighted by atomic mass is 10.1. The molecule has 0 saturated carbocycles. The molecule has 0 aromatic rings. The second-order valence-corrected chi connectivity index (χ2v) is 5.78. The van der Waals surface area contributed by atoms with Crippen molar-refractivity contribution in [1.82, 2.24) is 8.61 Å². The Morgan fingerprint density at radius 3 is 2.57 bits per heavy atom. The van der Waals surface area contributed by atoms with E-state index in [2.05, 4.69) is 0 Å². The molecule has 1 aliphatic rings. The third-order valence-corrected chi connectivity index (χ3v) is 4.42. The third-order valence-electron chi connectivity index (χ3n) is 2.50. The second-order valence-electron chi connectivity index (χ2n) is 3.75. The molecule has 0 aromatic heterocycles. The summed E-state index contributed by atoms with van der Waals surface area (Å²) in [6, 6.07) is 0. The van der Waals surface area contributed by atoms with E-state index in [1.807, 2.05) is 6.92 Å². The summed E-state index contributed by atoms with van der Waals surface area (Å²) in [5.41, 5.74) is 5.56. The van der Waals surface area contributed by atoms with Crippen LogP contribution in [0.4, 0.5) is 0 Å². The minimum atomic E-state index is -3.20. The molecule has 1 unspecified atom stereocenters. The van der Waals surface area contributed by atoms with E-state index in [-0.39, 0.29) is 5.92 Å². The van der Waals surface area contributed by atoms with E-state index >= 15 is 0 Å². The first-order valence-corrected chi connectivity index (χ1v) is 6.33. The number of rotatable bonds is 3. The van der Waals surface area contributed by atoms with Gasteiger partial charge in [0.05, 0.1) is 0 Å². The lowest BCUT2D eigenvalue weighted by molar-refractivity contribution is 0.246. The SMILES string of the molecule is CCCN1CC(CN)CN(C)S1(=O)=O. The Kier molecular flexibility index (Phi) is 3.88. The van der Waals surface area contributed by atoms with Crippen molar-refractivity contribution in [3.63, 3.8) is 0 Å². The molecule has 1 aliphatic heterocycles. The zero-order chi connectivity index (χ0) is 10.8. The summed E-state index contributed by atoms with van der Waals surface area (Å²) < 4.78 is 26.5. The molecule has 0 aromatic carbocycles. The molecule has 1 rings (SSSR count). The van der Waals surface area contributed by atoms with Crippen molar-refractivity contribution in [2.45, 2.75) is 13.3 Å². The van der Waals surface area contributed by atoms with Crippen molar-refractivity contribution in [1.29, 1.82) is 0 Å². The molecule has 84 valence electrons. The van der Waals surface area contributed by atoms with Crippen LogP contribution in [0.25, 0.3) is 0 Å². The molecule has 1 saturated heterocycles. The fraction of sp³-hybridized carbons (Fsp3) is 1.00. The van der Waals surface area contributed by atoms with E-state index in [0.29, 0.717) is 26.2 Å². The molecular formula is C8H19N3O2S. The summed E-state index contributed by atoms with van der Waals surface area (Å²) in [6.45, 7) is 4.21. The van der Waals surface area contributed by atoms with Gasteiger partial charge in [-0.2, -0.15) is 17.0 Å². The molecule has 0 spiro atoms. The van der Waals surface area contributed by atoms with Gasteiger partial charge in [0.15, 0.2) is 0 Å². The van der Waals surface area contributed by atoms with E-state index in [0.717, 1.165) is 6.42 Å². The molecule has 1 atom stereocenters. The predicted octanol–water partition coefficient (Wildman–Crippen LogP) is -0.536. The summed E-state index contributed by atoms with van der Waals surface area (Å²) >= 11 is 0. The first kappa shape index (κ1) is 11.9. The number of hydrogen-bond acceptors (Lipinski definition) is 3. The van der Waals surface area contributed by atoms with Crippen LogP contribution in [-0.2, 0) is 10.2 Å². The van der Waals surface area contributed by atoms with Crippen LogP contribution in [0.3, 0.4) is 0 Å². The molecular weight excluding hydrogens is 202 g/mol. The Balaban J connectivity index is 2.78. The second kappa shape index (κ2) is 4.57. The maximum absolute atomic E-state index is 11.8. The lowest BCUT2D eigenvalue weighted by Crippen LogP contribution is -2.53. The van der Waals surface area contributed by atoms with Gasteiger partial charge in [-0.05, 0) is 18.9 Å². The zero-order valence-corrected chi connectivity index (χ0v) is 9.63. The summed E-state index contributed by atoms with van der Waals surface area (Å²) in [5.74, 6) is 0.259. The smallest absolute Gasteiger partial charge is 0.281 e. The molecule has 0 bridgehead atoms.